The average Bonchev–Trinajstić information content (AvgIpc) is 2.80. The molecule has 0 radical (unpaired) electrons. The number of aryl methyl sites for hydroxylation is 2. The van der Waals surface area contributed by atoms with Crippen LogP contribution in [0.5, 0.6) is 0 Å². The minimum Gasteiger partial charge on any atom is -0.354 e. The van der Waals surface area contributed by atoms with Crippen molar-refractivity contribution in [2.24, 2.45) is 0 Å². The molecule has 0 aliphatic heterocycles. The molecule has 0 bridgehead atoms. The zero-order valence-electron chi connectivity index (χ0n) is 19.2. The number of nitrogens with one attached hydrogen (secondary N) is 2. The Balaban J connectivity index is 1.60. The third-order valence-corrected chi connectivity index (χ3v) is 6.34. The molecule has 0 aliphatic carbocycles. The number of anilines is 3. The van der Waals surface area contributed by atoms with Gasteiger partial charge in [0.15, 0.2) is 5.65 Å². The Morgan fingerprint density at radius 3 is 2.58 bits per heavy atom. The molecule has 0 unspecified atom stereocenters. The molecule has 6 heteroatoms. The van der Waals surface area contributed by atoms with Gasteiger partial charge < -0.3 is 10.6 Å². The first kappa shape index (κ1) is 22.8. The second kappa shape index (κ2) is 10.5. The monoisotopic (exact) mass is 456 g/mol. The number of unbranched alkanes of at least 4 members (excludes halogenated alkanes) is 1. The minimum absolute atomic E-state index is 0.0722. The summed E-state index contributed by atoms with van der Waals surface area (Å²) in [5.41, 5.74) is 5.85. The van der Waals surface area contributed by atoms with Gasteiger partial charge in [-0.2, -0.15) is 0 Å². The molecule has 2 N–H and O–H groups in total. The maximum Gasteiger partial charge on any atom is 0.221 e. The Morgan fingerprint density at radius 1 is 1.00 bits per heavy atom. The highest BCUT2D eigenvalue weighted by atomic mass is 32.2. The molecular weight excluding hydrogens is 428 g/mol. The van der Waals surface area contributed by atoms with E-state index in [-0.39, 0.29) is 5.91 Å². The lowest BCUT2D eigenvalue weighted by molar-refractivity contribution is -0.114. The van der Waals surface area contributed by atoms with Crippen LogP contribution in [0.25, 0.3) is 11.0 Å². The highest BCUT2D eigenvalue weighted by Gasteiger charge is 2.10. The van der Waals surface area contributed by atoms with Crippen molar-refractivity contribution in [3.63, 3.8) is 0 Å². The van der Waals surface area contributed by atoms with Gasteiger partial charge in [-0.3, -0.25) is 4.79 Å². The SMILES string of the molecule is CCCCc1ccc2c(Nc3cc(C)ccc3Sc3ccc(NC(C)=O)cc3)ccnc2n1. The molecule has 0 aliphatic rings. The minimum atomic E-state index is -0.0722. The van der Waals surface area contributed by atoms with E-state index < -0.39 is 0 Å². The Bertz CT molecular complexity index is 1270. The number of fused-ring (bicyclic) bond motifs is 1. The van der Waals surface area contributed by atoms with Crippen LogP contribution in [-0.4, -0.2) is 15.9 Å². The summed E-state index contributed by atoms with van der Waals surface area (Å²) in [4.78, 5) is 22.7. The molecule has 0 atom stereocenters. The van der Waals surface area contributed by atoms with E-state index in [9.17, 15) is 4.79 Å². The van der Waals surface area contributed by atoms with Crippen LogP contribution in [-0.2, 0) is 11.2 Å². The maximum absolute atomic E-state index is 11.3. The van der Waals surface area contributed by atoms with E-state index in [4.69, 9.17) is 4.98 Å². The van der Waals surface area contributed by atoms with Crippen molar-refractivity contribution in [2.75, 3.05) is 10.6 Å². The largest absolute Gasteiger partial charge is 0.354 e. The summed E-state index contributed by atoms with van der Waals surface area (Å²) in [5.74, 6) is -0.0722. The van der Waals surface area contributed by atoms with E-state index in [1.807, 2.05) is 36.5 Å². The maximum atomic E-state index is 11.3. The number of hydrogen-bond donors (Lipinski definition) is 2. The van der Waals surface area contributed by atoms with Gasteiger partial charge in [-0.1, -0.05) is 31.2 Å². The van der Waals surface area contributed by atoms with Crippen LogP contribution in [0.15, 0.2) is 76.7 Å². The van der Waals surface area contributed by atoms with E-state index >= 15 is 0 Å². The molecule has 0 spiro atoms. The van der Waals surface area contributed by atoms with E-state index in [0.717, 1.165) is 62.8 Å². The Labute approximate surface area is 199 Å². The topological polar surface area (TPSA) is 66.9 Å². The molecule has 0 saturated carbocycles. The molecule has 2 aromatic carbocycles. The van der Waals surface area contributed by atoms with Gasteiger partial charge in [0.1, 0.15) is 0 Å². The molecule has 4 rings (SSSR count). The van der Waals surface area contributed by atoms with Crippen molar-refractivity contribution >= 4 is 45.8 Å². The summed E-state index contributed by atoms with van der Waals surface area (Å²) >= 11 is 1.68. The van der Waals surface area contributed by atoms with Gasteiger partial charge in [0.25, 0.3) is 0 Å². The second-order valence-electron chi connectivity index (χ2n) is 8.07. The first-order valence-corrected chi connectivity index (χ1v) is 12.0. The van der Waals surface area contributed by atoms with Crippen LogP contribution in [0.3, 0.4) is 0 Å². The number of aromatic nitrogens is 2. The zero-order chi connectivity index (χ0) is 23.2. The van der Waals surface area contributed by atoms with Gasteiger partial charge in [0, 0.05) is 39.7 Å². The molecule has 33 heavy (non-hydrogen) atoms. The van der Waals surface area contributed by atoms with Crippen LogP contribution in [0.2, 0.25) is 0 Å². The summed E-state index contributed by atoms with van der Waals surface area (Å²) in [7, 11) is 0. The van der Waals surface area contributed by atoms with Gasteiger partial charge in [0.05, 0.1) is 11.4 Å². The Hall–Kier alpha value is -3.38. The van der Waals surface area contributed by atoms with Gasteiger partial charge in [-0.05, 0) is 79.9 Å². The second-order valence-corrected chi connectivity index (χ2v) is 9.18. The standard InChI is InChI=1S/C27H28N4OS/c1-4-5-6-20-10-13-23-24(15-16-28-27(23)30-20)31-25-17-18(2)7-14-26(25)33-22-11-8-21(9-12-22)29-19(3)32/h7-17H,4-6H2,1-3H3,(H,29,32)(H,28,30,31). The predicted molar refractivity (Wildman–Crippen MR) is 137 cm³/mol. The summed E-state index contributed by atoms with van der Waals surface area (Å²) in [6.45, 7) is 5.79. The summed E-state index contributed by atoms with van der Waals surface area (Å²) in [6, 6.07) is 20.5. The number of carbonyl (C=O) groups is 1. The first-order valence-electron chi connectivity index (χ1n) is 11.2. The van der Waals surface area contributed by atoms with E-state index in [0.29, 0.717) is 0 Å². The molecule has 0 fully saturated rings. The average molecular weight is 457 g/mol. The van der Waals surface area contributed by atoms with Crippen molar-refractivity contribution in [3.8, 4) is 0 Å². The highest BCUT2D eigenvalue weighted by molar-refractivity contribution is 7.99. The predicted octanol–water partition coefficient (Wildman–Crippen LogP) is 7.13. The molecule has 4 aromatic rings. The van der Waals surface area contributed by atoms with Crippen LogP contribution < -0.4 is 10.6 Å². The fourth-order valence-corrected chi connectivity index (χ4v) is 4.47. The zero-order valence-corrected chi connectivity index (χ0v) is 20.0. The van der Waals surface area contributed by atoms with Crippen LogP contribution in [0.4, 0.5) is 17.1 Å². The Kier molecular flexibility index (Phi) is 7.25. The van der Waals surface area contributed by atoms with Crippen LogP contribution in [0, 0.1) is 6.92 Å². The molecule has 168 valence electrons. The van der Waals surface area contributed by atoms with Crippen molar-refractivity contribution in [3.05, 3.63) is 78.1 Å². The smallest absolute Gasteiger partial charge is 0.221 e. The summed E-state index contributed by atoms with van der Waals surface area (Å²) in [6.07, 6.45) is 5.07. The number of benzene rings is 2. The summed E-state index contributed by atoms with van der Waals surface area (Å²) < 4.78 is 0. The van der Waals surface area contributed by atoms with Crippen molar-refractivity contribution in [2.45, 2.75) is 49.8 Å². The van der Waals surface area contributed by atoms with Crippen molar-refractivity contribution < 1.29 is 4.79 Å². The molecule has 5 nitrogen and oxygen atoms in total. The van der Waals surface area contributed by atoms with Crippen LogP contribution in [0.1, 0.15) is 37.9 Å². The number of carbonyl (C=O) groups excluding carboxylic acids is 1. The summed E-state index contributed by atoms with van der Waals surface area (Å²) in [5, 5.41) is 7.44. The lowest BCUT2D eigenvalue weighted by atomic mass is 10.1. The highest BCUT2D eigenvalue weighted by Crippen LogP contribution is 2.37. The van der Waals surface area contributed by atoms with Crippen molar-refractivity contribution in [1.29, 1.82) is 0 Å². The number of amides is 1. The fraction of sp³-hybridized carbons (Fsp3) is 0.222. The van der Waals surface area contributed by atoms with Crippen LogP contribution >= 0.6 is 11.8 Å². The lowest BCUT2D eigenvalue weighted by Crippen LogP contribution is -2.05. The number of hydrogen-bond acceptors (Lipinski definition) is 5. The molecule has 2 heterocycles. The van der Waals surface area contributed by atoms with E-state index in [1.165, 1.54) is 12.5 Å². The quantitative estimate of drug-likeness (QED) is 0.295. The lowest BCUT2D eigenvalue weighted by Gasteiger charge is -2.15. The fourth-order valence-electron chi connectivity index (χ4n) is 3.59. The van der Waals surface area contributed by atoms with E-state index in [1.54, 1.807) is 11.8 Å². The van der Waals surface area contributed by atoms with Gasteiger partial charge in [0.2, 0.25) is 5.91 Å². The van der Waals surface area contributed by atoms with Gasteiger partial charge in [-0.25, -0.2) is 9.97 Å². The third kappa shape index (κ3) is 5.90. The number of rotatable bonds is 8. The number of pyridine rings is 2. The van der Waals surface area contributed by atoms with E-state index in [2.05, 4.69) is 59.8 Å². The molecule has 1 amide bonds. The van der Waals surface area contributed by atoms with Gasteiger partial charge in [-0.15, -0.1) is 0 Å². The normalized spacial score (nSPS) is 10.9. The van der Waals surface area contributed by atoms with Crippen molar-refractivity contribution in [1.82, 2.24) is 9.97 Å². The Morgan fingerprint density at radius 2 is 1.82 bits per heavy atom. The molecular formula is C27H28N4OS. The number of nitrogens with zero attached hydrogens (tertiary/aromatic N) is 2. The molecule has 0 saturated heterocycles. The van der Waals surface area contributed by atoms with Gasteiger partial charge >= 0.3 is 0 Å². The first-order chi connectivity index (χ1) is 16.0. The molecule has 2 aromatic heterocycles. The third-order valence-electron chi connectivity index (χ3n) is 5.25.